The van der Waals surface area contributed by atoms with Gasteiger partial charge in [0.05, 0.1) is 16.7 Å². The van der Waals surface area contributed by atoms with Crippen LogP contribution in [0.25, 0.3) is 99.1 Å². The Balaban J connectivity index is 1.15. The van der Waals surface area contributed by atoms with E-state index in [4.69, 9.17) is 9.97 Å². The highest BCUT2D eigenvalue weighted by molar-refractivity contribution is 6.22. The second-order valence-corrected chi connectivity index (χ2v) is 17.3. The molecule has 0 atom stereocenters. The molecular formula is C56H40N2. The average molecular weight is 741 g/mol. The zero-order valence-electron chi connectivity index (χ0n) is 33.1. The lowest BCUT2D eigenvalue weighted by Crippen LogP contribution is -2.14. The van der Waals surface area contributed by atoms with E-state index < -0.39 is 0 Å². The Morgan fingerprint density at radius 1 is 0.362 bits per heavy atom. The molecule has 2 aliphatic rings. The van der Waals surface area contributed by atoms with Crippen LogP contribution >= 0.6 is 0 Å². The van der Waals surface area contributed by atoms with Gasteiger partial charge in [0, 0.05) is 33.4 Å². The molecule has 0 N–H and O–H groups in total. The van der Waals surface area contributed by atoms with Crippen LogP contribution in [-0.4, -0.2) is 9.97 Å². The van der Waals surface area contributed by atoms with Crippen LogP contribution in [0.4, 0.5) is 0 Å². The van der Waals surface area contributed by atoms with Crippen molar-refractivity contribution in [1.82, 2.24) is 9.97 Å². The molecule has 0 radical (unpaired) electrons. The highest BCUT2D eigenvalue weighted by Gasteiger charge is 2.36. The molecule has 0 fully saturated rings. The van der Waals surface area contributed by atoms with E-state index in [1.807, 2.05) is 12.3 Å². The van der Waals surface area contributed by atoms with Crippen LogP contribution in [0, 0.1) is 0 Å². The molecule has 12 rings (SSSR count). The lowest BCUT2D eigenvalue weighted by Gasteiger charge is -2.23. The first-order valence-corrected chi connectivity index (χ1v) is 20.4. The summed E-state index contributed by atoms with van der Waals surface area (Å²) >= 11 is 0. The molecule has 2 heteroatoms. The normalized spacial score (nSPS) is 14.5. The van der Waals surface area contributed by atoms with Crippen molar-refractivity contribution in [3.05, 3.63) is 192 Å². The molecule has 0 saturated heterocycles. The minimum atomic E-state index is -0.0808. The number of aromatic nitrogens is 2. The van der Waals surface area contributed by atoms with Gasteiger partial charge in [-0.05, 0) is 119 Å². The Morgan fingerprint density at radius 3 is 1.72 bits per heavy atom. The SMILES string of the molecule is CC1(C)c2ccccc2-c2cc(-c3c4ccccc4c(-c4ccc5ccc6cccnc6c5n4)c4ccc(-c5ccc6c(c5)C(C)(C)c5ccccc5-6)cc34)ccc21. The van der Waals surface area contributed by atoms with Gasteiger partial charge in [0.15, 0.2) is 0 Å². The number of pyridine rings is 2. The molecule has 0 amide bonds. The van der Waals surface area contributed by atoms with Gasteiger partial charge < -0.3 is 0 Å². The zero-order valence-corrected chi connectivity index (χ0v) is 33.1. The fourth-order valence-electron chi connectivity index (χ4n) is 10.6. The van der Waals surface area contributed by atoms with Crippen LogP contribution in [0.15, 0.2) is 170 Å². The second kappa shape index (κ2) is 11.8. The fourth-order valence-corrected chi connectivity index (χ4v) is 10.6. The van der Waals surface area contributed by atoms with E-state index in [2.05, 4.69) is 185 Å². The Labute approximate surface area is 338 Å². The molecule has 2 heterocycles. The van der Waals surface area contributed by atoms with E-state index in [-0.39, 0.29) is 10.8 Å². The number of benzene rings is 8. The van der Waals surface area contributed by atoms with E-state index in [1.165, 1.54) is 88.3 Å². The summed E-state index contributed by atoms with van der Waals surface area (Å²) < 4.78 is 0. The number of hydrogen-bond acceptors (Lipinski definition) is 2. The van der Waals surface area contributed by atoms with Crippen LogP contribution in [-0.2, 0) is 10.8 Å². The van der Waals surface area contributed by atoms with Gasteiger partial charge in [-0.2, -0.15) is 0 Å². The zero-order chi connectivity index (χ0) is 38.9. The van der Waals surface area contributed by atoms with Crippen LogP contribution in [0.2, 0.25) is 0 Å². The molecule has 274 valence electrons. The third-order valence-electron chi connectivity index (χ3n) is 13.5. The highest BCUT2D eigenvalue weighted by atomic mass is 14.8. The first-order chi connectivity index (χ1) is 28.3. The van der Waals surface area contributed by atoms with Crippen LogP contribution in [0.5, 0.6) is 0 Å². The maximum Gasteiger partial charge on any atom is 0.0972 e. The summed E-state index contributed by atoms with van der Waals surface area (Å²) in [4.78, 5) is 10.3. The van der Waals surface area contributed by atoms with Crippen molar-refractivity contribution in [2.24, 2.45) is 0 Å². The number of fused-ring (bicyclic) bond motifs is 11. The first kappa shape index (κ1) is 33.3. The standard InChI is InChI=1S/C56H40N2/c1-55(2)47-18-10-8-14-39(47)44-31-37(23-27-48(44)55)51-41-15-5-6-16-42(41)52(50-28-24-34-20-19-33-12-11-29-57-53(33)54(34)58-50)43-26-22-35(30-45(43)51)36-21-25-40-38-13-7-9-17-46(38)56(3,4)49(40)32-36/h5-32H,1-4H3. The monoisotopic (exact) mass is 740 g/mol. The Morgan fingerprint density at radius 2 is 0.931 bits per heavy atom. The van der Waals surface area contributed by atoms with Crippen LogP contribution in [0.1, 0.15) is 49.9 Å². The number of rotatable bonds is 3. The third kappa shape index (κ3) is 4.54. The summed E-state index contributed by atoms with van der Waals surface area (Å²) in [7, 11) is 0. The quantitative estimate of drug-likeness (QED) is 0.133. The van der Waals surface area contributed by atoms with Gasteiger partial charge in [0.25, 0.3) is 0 Å². The van der Waals surface area contributed by atoms with Crippen molar-refractivity contribution >= 4 is 43.4 Å². The number of hydrogen-bond donors (Lipinski definition) is 0. The Hall–Kier alpha value is -6.90. The lowest BCUT2D eigenvalue weighted by atomic mass is 9.81. The Kier molecular flexibility index (Phi) is 6.78. The van der Waals surface area contributed by atoms with Gasteiger partial charge in [-0.15, -0.1) is 0 Å². The van der Waals surface area contributed by atoms with Crippen molar-refractivity contribution in [3.63, 3.8) is 0 Å². The maximum absolute atomic E-state index is 5.46. The molecule has 8 aromatic carbocycles. The van der Waals surface area contributed by atoms with Gasteiger partial charge in [-0.25, -0.2) is 4.98 Å². The van der Waals surface area contributed by atoms with Crippen molar-refractivity contribution in [2.45, 2.75) is 38.5 Å². The fraction of sp³-hybridized carbons (Fsp3) is 0.107. The molecule has 2 nitrogen and oxygen atoms in total. The van der Waals surface area contributed by atoms with Gasteiger partial charge in [-0.1, -0.05) is 161 Å². The van der Waals surface area contributed by atoms with Gasteiger partial charge >= 0.3 is 0 Å². The molecule has 2 aromatic heterocycles. The lowest BCUT2D eigenvalue weighted by molar-refractivity contribution is 0.660. The minimum Gasteiger partial charge on any atom is -0.254 e. The van der Waals surface area contributed by atoms with Crippen LogP contribution < -0.4 is 0 Å². The predicted octanol–water partition coefficient (Wildman–Crippen LogP) is 14.7. The summed E-state index contributed by atoms with van der Waals surface area (Å²) in [5.74, 6) is 0. The molecule has 2 aliphatic carbocycles. The molecule has 58 heavy (non-hydrogen) atoms. The molecular weight excluding hydrogens is 701 g/mol. The average Bonchev–Trinajstić information content (AvgIpc) is 3.64. The van der Waals surface area contributed by atoms with Crippen LogP contribution in [0.3, 0.4) is 0 Å². The van der Waals surface area contributed by atoms with E-state index in [9.17, 15) is 0 Å². The third-order valence-corrected chi connectivity index (χ3v) is 13.5. The smallest absolute Gasteiger partial charge is 0.0972 e. The van der Waals surface area contributed by atoms with Gasteiger partial charge in [-0.3, -0.25) is 4.98 Å². The van der Waals surface area contributed by atoms with Crippen molar-refractivity contribution in [2.75, 3.05) is 0 Å². The Bertz CT molecular complexity index is 3400. The maximum atomic E-state index is 5.46. The summed E-state index contributed by atoms with van der Waals surface area (Å²) in [6.45, 7) is 9.44. The molecule has 0 aliphatic heterocycles. The molecule has 0 unspecified atom stereocenters. The van der Waals surface area contributed by atoms with E-state index in [1.54, 1.807) is 0 Å². The largest absolute Gasteiger partial charge is 0.254 e. The second-order valence-electron chi connectivity index (χ2n) is 17.3. The predicted molar refractivity (Wildman–Crippen MR) is 243 cm³/mol. The molecule has 0 bridgehead atoms. The van der Waals surface area contributed by atoms with Gasteiger partial charge in [0.2, 0.25) is 0 Å². The topological polar surface area (TPSA) is 25.8 Å². The van der Waals surface area contributed by atoms with E-state index in [0.717, 1.165) is 33.1 Å². The van der Waals surface area contributed by atoms with E-state index >= 15 is 0 Å². The summed E-state index contributed by atoms with van der Waals surface area (Å²) in [5, 5.41) is 7.00. The molecule has 0 saturated carbocycles. The summed E-state index contributed by atoms with van der Waals surface area (Å²) in [6.07, 6.45) is 1.87. The van der Waals surface area contributed by atoms with Crippen molar-refractivity contribution < 1.29 is 0 Å². The van der Waals surface area contributed by atoms with Crippen molar-refractivity contribution in [3.8, 4) is 55.8 Å². The number of nitrogens with zero attached hydrogens (tertiary/aromatic N) is 2. The first-order valence-electron chi connectivity index (χ1n) is 20.4. The van der Waals surface area contributed by atoms with Crippen molar-refractivity contribution in [1.29, 1.82) is 0 Å². The summed E-state index contributed by atoms with van der Waals surface area (Å²) in [6, 6.07) is 61.0. The summed E-state index contributed by atoms with van der Waals surface area (Å²) in [5.41, 5.74) is 19.6. The van der Waals surface area contributed by atoms with Gasteiger partial charge in [0.1, 0.15) is 0 Å². The minimum absolute atomic E-state index is 0.0621. The van der Waals surface area contributed by atoms with E-state index in [0.29, 0.717) is 0 Å². The highest BCUT2D eigenvalue weighted by Crippen LogP contribution is 2.53. The molecule has 0 spiro atoms. The molecule has 10 aromatic rings.